The van der Waals surface area contributed by atoms with Gasteiger partial charge in [0.1, 0.15) is 0 Å². The third kappa shape index (κ3) is 4.30. The second-order valence-electron chi connectivity index (χ2n) is 4.05. The molecule has 2 heteroatoms. The normalized spacial score (nSPS) is 20.3. The first-order valence-electron chi connectivity index (χ1n) is 5.69. The van der Waals surface area contributed by atoms with E-state index in [9.17, 15) is 0 Å². The Morgan fingerprint density at radius 2 is 2.23 bits per heavy atom. The largest absolute Gasteiger partial charge is 0.279 e. The molecule has 2 N–H and O–H groups in total. The molecule has 0 aromatic heterocycles. The summed E-state index contributed by atoms with van der Waals surface area (Å²) < 4.78 is 0. The van der Waals surface area contributed by atoms with Crippen LogP contribution >= 0.6 is 0 Å². The van der Waals surface area contributed by atoms with Crippen molar-refractivity contribution in [2.45, 2.75) is 58.4 Å². The highest BCUT2D eigenvalue weighted by atomic mass is 15.0. The summed E-state index contributed by atoms with van der Waals surface area (Å²) in [4.78, 5) is 3.48. The predicted octanol–water partition coefficient (Wildman–Crippen LogP) is 0.818. The van der Waals surface area contributed by atoms with E-state index >= 15 is 0 Å². The van der Waals surface area contributed by atoms with Gasteiger partial charge < -0.3 is 0 Å². The summed E-state index contributed by atoms with van der Waals surface area (Å²) in [6.07, 6.45) is 7.79. The van der Waals surface area contributed by atoms with Gasteiger partial charge >= 0.3 is 0 Å². The van der Waals surface area contributed by atoms with E-state index in [1.807, 2.05) is 0 Å². The maximum atomic E-state index is 3.57. The van der Waals surface area contributed by atoms with Crippen molar-refractivity contribution in [3.05, 3.63) is 0 Å². The van der Waals surface area contributed by atoms with E-state index in [1.165, 1.54) is 44.4 Å². The first-order chi connectivity index (χ1) is 6.33. The number of hydrogen-bond acceptors (Lipinski definition) is 1. The lowest BCUT2D eigenvalue weighted by Crippen LogP contribution is -2.76. The minimum absolute atomic E-state index is 0.630. The van der Waals surface area contributed by atoms with E-state index < -0.39 is 0 Å². The van der Waals surface area contributed by atoms with Crippen LogP contribution < -0.4 is 10.3 Å². The van der Waals surface area contributed by atoms with Crippen LogP contribution in [0.4, 0.5) is 0 Å². The third-order valence-corrected chi connectivity index (χ3v) is 2.58. The Bertz CT molecular complexity index is 163. The lowest BCUT2D eigenvalue weighted by Gasteiger charge is -2.08. The fourth-order valence-corrected chi connectivity index (χ4v) is 1.86. The zero-order chi connectivity index (χ0) is 9.52. The average molecular weight is 183 g/mol. The van der Waals surface area contributed by atoms with Gasteiger partial charge in [0.25, 0.3) is 0 Å². The van der Waals surface area contributed by atoms with Gasteiger partial charge in [-0.15, -0.1) is 0 Å². The lowest BCUT2D eigenvalue weighted by molar-refractivity contribution is -0.460. The summed E-state index contributed by atoms with van der Waals surface area (Å²) in [5.74, 6) is 1.37. The fourth-order valence-electron chi connectivity index (χ4n) is 1.86. The van der Waals surface area contributed by atoms with Crippen LogP contribution in [-0.4, -0.2) is 18.4 Å². The zero-order valence-corrected chi connectivity index (χ0v) is 9.03. The average Bonchev–Trinajstić information content (AvgIpc) is 2.33. The molecule has 76 valence electrons. The van der Waals surface area contributed by atoms with Crippen LogP contribution in [0.25, 0.3) is 0 Å². The molecular weight excluding hydrogens is 160 g/mol. The summed E-state index contributed by atoms with van der Waals surface area (Å²) in [6, 6.07) is 0.630. The van der Waals surface area contributed by atoms with Crippen LogP contribution in [0.5, 0.6) is 0 Å². The van der Waals surface area contributed by atoms with Crippen LogP contribution in [-0.2, 0) is 0 Å². The molecule has 0 amide bonds. The molecule has 2 nitrogen and oxygen atoms in total. The molecule has 1 atom stereocenters. The minimum Gasteiger partial charge on any atom is -0.279 e. The molecule has 0 unspecified atom stereocenters. The van der Waals surface area contributed by atoms with Crippen molar-refractivity contribution in [1.82, 2.24) is 5.32 Å². The van der Waals surface area contributed by atoms with Crippen LogP contribution in [0.15, 0.2) is 0 Å². The van der Waals surface area contributed by atoms with Crippen LogP contribution in [0.2, 0.25) is 0 Å². The number of nitrogens with one attached hydrogen (secondary N) is 2. The first kappa shape index (κ1) is 10.6. The number of hydrogen-bond donors (Lipinski definition) is 2. The Morgan fingerprint density at radius 3 is 3.00 bits per heavy atom. The molecular formula is C11H23N2+. The van der Waals surface area contributed by atoms with Gasteiger partial charge in [0, 0.05) is 6.42 Å². The summed E-state index contributed by atoms with van der Waals surface area (Å²) in [5, 5.41) is 3.57. The van der Waals surface area contributed by atoms with Crippen molar-refractivity contribution < 1.29 is 4.99 Å². The van der Waals surface area contributed by atoms with Crippen LogP contribution in [0.1, 0.15) is 52.4 Å². The van der Waals surface area contributed by atoms with Crippen molar-refractivity contribution >= 4 is 5.84 Å². The van der Waals surface area contributed by atoms with Crippen molar-refractivity contribution in [2.75, 3.05) is 6.54 Å². The van der Waals surface area contributed by atoms with Gasteiger partial charge in [-0.05, 0) is 32.6 Å². The highest BCUT2D eigenvalue weighted by Gasteiger charge is 2.12. The molecule has 0 aromatic carbocycles. The Morgan fingerprint density at radius 1 is 1.38 bits per heavy atom. The molecule has 0 aromatic rings. The summed E-state index contributed by atoms with van der Waals surface area (Å²) >= 11 is 0. The van der Waals surface area contributed by atoms with E-state index in [0.29, 0.717) is 6.04 Å². The second kappa shape index (κ2) is 6.01. The van der Waals surface area contributed by atoms with Crippen molar-refractivity contribution in [3.63, 3.8) is 0 Å². The molecule has 0 fully saturated rings. The lowest BCUT2D eigenvalue weighted by atomic mass is 10.1. The van der Waals surface area contributed by atoms with Gasteiger partial charge in [-0.2, -0.15) is 0 Å². The minimum atomic E-state index is 0.630. The van der Waals surface area contributed by atoms with E-state index in [1.54, 1.807) is 0 Å². The predicted molar refractivity (Wildman–Crippen MR) is 56.8 cm³/mol. The molecule has 1 aliphatic rings. The number of amidine groups is 1. The molecule has 0 spiro atoms. The van der Waals surface area contributed by atoms with Gasteiger partial charge in [0.05, 0.1) is 12.6 Å². The first-order valence-corrected chi connectivity index (χ1v) is 5.69. The molecule has 1 rings (SSSR count). The van der Waals surface area contributed by atoms with Gasteiger partial charge in [0.15, 0.2) is 0 Å². The molecule has 1 aliphatic heterocycles. The van der Waals surface area contributed by atoms with Gasteiger partial charge in [-0.3, -0.25) is 10.3 Å². The van der Waals surface area contributed by atoms with Crippen molar-refractivity contribution in [3.8, 4) is 0 Å². The molecule has 0 aliphatic carbocycles. The molecule has 0 saturated heterocycles. The zero-order valence-electron chi connectivity index (χ0n) is 9.03. The van der Waals surface area contributed by atoms with Crippen molar-refractivity contribution in [2.24, 2.45) is 0 Å². The Hall–Kier alpha value is -0.530. The summed E-state index contributed by atoms with van der Waals surface area (Å²) in [5.41, 5.74) is 0. The van der Waals surface area contributed by atoms with E-state index in [0.717, 1.165) is 6.54 Å². The highest BCUT2D eigenvalue weighted by Crippen LogP contribution is 2.01. The van der Waals surface area contributed by atoms with Crippen molar-refractivity contribution in [1.29, 1.82) is 0 Å². The Kier molecular flexibility index (Phi) is 4.87. The topological polar surface area (TPSA) is 26.0 Å². The highest BCUT2D eigenvalue weighted by molar-refractivity contribution is 5.76. The van der Waals surface area contributed by atoms with Gasteiger partial charge in [0.2, 0.25) is 5.84 Å². The van der Waals surface area contributed by atoms with E-state index in [4.69, 9.17) is 0 Å². The van der Waals surface area contributed by atoms with Crippen LogP contribution in [0, 0.1) is 0 Å². The second-order valence-corrected chi connectivity index (χ2v) is 4.05. The maximum Gasteiger partial charge on any atom is 0.242 e. The summed E-state index contributed by atoms with van der Waals surface area (Å²) in [6.45, 7) is 5.66. The van der Waals surface area contributed by atoms with Gasteiger partial charge in [-0.25, -0.2) is 0 Å². The van der Waals surface area contributed by atoms with Crippen LogP contribution in [0.3, 0.4) is 0 Å². The van der Waals surface area contributed by atoms with E-state index in [2.05, 4.69) is 24.2 Å². The molecule has 0 bridgehead atoms. The summed E-state index contributed by atoms with van der Waals surface area (Å²) in [7, 11) is 0. The molecule has 1 heterocycles. The molecule has 0 saturated carbocycles. The monoisotopic (exact) mass is 183 g/mol. The third-order valence-electron chi connectivity index (χ3n) is 2.58. The Balaban J connectivity index is 2.28. The van der Waals surface area contributed by atoms with Gasteiger partial charge in [-0.1, -0.05) is 13.3 Å². The standard InChI is InChI=1S/C11H22N2/c1-3-7-10(2)13-11-8-5-4-6-9-12-11/h10H,3-9H2,1-2H3,(H,12,13)/p+1/t10-/m1/s1. The smallest absolute Gasteiger partial charge is 0.242 e. The quantitative estimate of drug-likeness (QED) is 0.665. The fraction of sp³-hybridized carbons (Fsp3) is 0.909. The Labute approximate surface area is 81.8 Å². The molecule has 0 radical (unpaired) electrons. The number of rotatable bonds is 3. The maximum absolute atomic E-state index is 3.57. The SMILES string of the molecule is CCC[C@@H](C)NC1=[NH+]CCCCC1. The molecule has 13 heavy (non-hydrogen) atoms. The van der Waals surface area contributed by atoms with E-state index in [-0.39, 0.29) is 0 Å².